The van der Waals surface area contributed by atoms with Gasteiger partial charge in [-0.05, 0) is 37.3 Å². The first-order chi connectivity index (χ1) is 13.6. The summed E-state index contributed by atoms with van der Waals surface area (Å²) in [4.78, 5) is 20.9. The topological polar surface area (TPSA) is 72.7 Å². The highest BCUT2D eigenvalue weighted by Crippen LogP contribution is 2.26. The molecule has 0 spiro atoms. The van der Waals surface area contributed by atoms with Gasteiger partial charge in [0.2, 0.25) is 5.91 Å². The van der Waals surface area contributed by atoms with Crippen molar-refractivity contribution >= 4 is 46.0 Å². The van der Waals surface area contributed by atoms with Gasteiger partial charge in [0.05, 0.1) is 23.0 Å². The van der Waals surface area contributed by atoms with Gasteiger partial charge in [0, 0.05) is 10.7 Å². The average molecular weight is 410 g/mol. The van der Waals surface area contributed by atoms with Gasteiger partial charge in [-0.2, -0.15) is 5.10 Å². The Balaban J connectivity index is 1.51. The van der Waals surface area contributed by atoms with Gasteiger partial charge in [0.25, 0.3) is 0 Å². The molecule has 0 unspecified atom stereocenters. The van der Waals surface area contributed by atoms with Crippen LogP contribution in [0, 0.1) is 6.92 Å². The Hall–Kier alpha value is -2.90. The molecule has 0 bridgehead atoms. The molecule has 2 heterocycles. The molecule has 0 saturated carbocycles. The van der Waals surface area contributed by atoms with Crippen LogP contribution in [0.25, 0.3) is 16.7 Å². The number of fused-ring (bicyclic) bond motifs is 1. The number of amides is 1. The van der Waals surface area contributed by atoms with Gasteiger partial charge in [-0.1, -0.05) is 47.1 Å². The van der Waals surface area contributed by atoms with Crippen LogP contribution < -0.4 is 5.32 Å². The molecule has 0 fully saturated rings. The molecule has 0 radical (unpaired) electrons. The van der Waals surface area contributed by atoms with Crippen LogP contribution in [0.2, 0.25) is 5.02 Å². The van der Waals surface area contributed by atoms with E-state index in [0.29, 0.717) is 15.7 Å². The van der Waals surface area contributed by atoms with Gasteiger partial charge in [-0.3, -0.25) is 4.79 Å². The van der Waals surface area contributed by atoms with Gasteiger partial charge in [-0.25, -0.2) is 14.6 Å². The summed E-state index contributed by atoms with van der Waals surface area (Å²) in [5.74, 6) is 0.144. The molecule has 4 aromatic rings. The molecule has 28 heavy (non-hydrogen) atoms. The maximum Gasteiger partial charge on any atom is 0.234 e. The molecular formula is C20H16ClN5OS. The second-order valence-electron chi connectivity index (χ2n) is 6.16. The third-order valence-corrected chi connectivity index (χ3v) is 5.30. The minimum absolute atomic E-state index is 0.0946. The second-order valence-corrected chi connectivity index (χ2v) is 7.56. The van der Waals surface area contributed by atoms with Crippen LogP contribution in [-0.2, 0) is 4.79 Å². The predicted octanol–water partition coefficient (Wildman–Crippen LogP) is 4.51. The second kappa shape index (κ2) is 8.00. The molecule has 0 saturated heterocycles. The number of halogens is 1. The summed E-state index contributed by atoms with van der Waals surface area (Å²) in [5, 5.41) is 9.41. The fourth-order valence-electron chi connectivity index (χ4n) is 2.70. The largest absolute Gasteiger partial charge is 0.325 e. The van der Waals surface area contributed by atoms with Crippen molar-refractivity contribution in [1.29, 1.82) is 0 Å². The lowest BCUT2D eigenvalue weighted by atomic mass is 10.2. The Labute approximate surface area is 171 Å². The number of benzene rings is 2. The Morgan fingerprint density at radius 3 is 2.79 bits per heavy atom. The molecule has 140 valence electrons. The minimum Gasteiger partial charge on any atom is -0.325 e. The molecular weight excluding hydrogens is 394 g/mol. The fraction of sp³-hybridized carbons (Fsp3) is 0.100. The van der Waals surface area contributed by atoms with E-state index in [2.05, 4.69) is 20.4 Å². The first kappa shape index (κ1) is 18.5. The molecule has 4 rings (SSSR count). The van der Waals surface area contributed by atoms with Crippen molar-refractivity contribution in [3.63, 3.8) is 0 Å². The van der Waals surface area contributed by atoms with E-state index >= 15 is 0 Å². The number of rotatable bonds is 5. The van der Waals surface area contributed by atoms with Gasteiger partial charge in [0.1, 0.15) is 11.4 Å². The van der Waals surface area contributed by atoms with E-state index in [-0.39, 0.29) is 11.7 Å². The number of hydrogen-bond acceptors (Lipinski definition) is 5. The van der Waals surface area contributed by atoms with Crippen molar-refractivity contribution in [3.05, 3.63) is 71.6 Å². The molecule has 0 aliphatic carbocycles. The maximum atomic E-state index is 12.3. The van der Waals surface area contributed by atoms with E-state index in [1.807, 2.05) is 49.4 Å². The van der Waals surface area contributed by atoms with Gasteiger partial charge in [-0.15, -0.1) is 0 Å². The number of anilines is 1. The van der Waals surface area contributed by atoms with Gasteiger partial charge < -0.3 is 5.32 Å². The fourth-order valence-corrected chi connectivity index (χ4v) is 3.65. The number of nitrogens with one attached hydrogen (secondary N) is 1. The normalized spacial score (nSPS) is 10.9. The Morgan fingerprint density at radius 1 is 1.18 bits per heavy atom. The zero-order valence-electron chi connectivity index (χ0n) is 15.0. The lowest BCUT2D eigenvalue weighted by Crippen LogP contribution is -2.14. The summed E-state index contributed by atoms with van der Waals surface area (Å²) < 4.78 is 1.71. The van der Waals surface area contributed by atoms with E-state index in [0.717, 1.165) is 22.3 Å². The number of carbonyl (C=O) groups excluding carboxylic acids is 1. The smallest absolute Gasteiger partial charge is 0.234 e. The monoisotopic (exact) mass is 409 g/mol. The quantitative estimate of drug-likeness (QED) is 0.388. The highest BCUT2D eigenvalue weighted by Gasteiger charge is 2.13. The standard InChI is InChI=1S/C20H16ClN5OS/c1-13-5-7-15(8-6-13)25-18(27)11-28-20-17-10-24-26(19(17)22-12-23-20)16-4-2-3-14(21)9-16/h2-10,12H,11H2,1H3,(H,25,27). The molecule has 8 heteroatoms. The minimum atomic E-state index is -0.0946. The van der Waals surface area contributed by atoms with E-state index in [1.54, 1.807) is 16.9 Å². The lowest BCUT2D eigenvalue weighted by Gasteiger charge is -2.06. The first-order valence-electron chi connectivity index (χ1n) is 8.54. The molecule has 6 nitrogen and oxygen atoms in total. The van der Waals surface area contributed by atoms with Crippen LogP contribution in [0.1, 0.15) is 5.56 Å². The van der Waals surface area contributed by atoms with Crippen molar-refractivity contribution < 1.29 is 4.79 Å². The molecule has 2 aromatic heterocycles. The van der Waals surface area contributed by atoms with Gasteiger partial charge >= 0.3 is 0 Å². The molecule has 1 N–H and O–H groups in total. The molecule has 0 aliphatic rings. The Kier molecular flexibility index (Phi) is 5.27. The number of carbonyl (C=O) groups is 1. The highest BCUT2D eigenvalue weighted by atomic mass is 35.5. The third kappa shape index (κ3) is 4.00. The predicted molar refractivity (Wildman–Crippen MR) is 112 cm³/mol. The van der Waals surface area contributed by atoms with Gasteiger partial charge in [0.15, 0.2) is 5.65 Å². The summed E-state index contributed by atoms with van der Waals surface area (Å²) in [6.07, 6.45) is 3.18. The van der Waals surface area contributed by atoms with Crippen LogP contribution in [0.5, 0.6) is 0 Å². The van der Waals surface area contributed by atoms with E-state index in [4.69, 9.17) is 11.6 Å². The number of aryl methyl sites for hydroxylation is 1. The van der Waals surface area contributed by atoms with Crippen LogP contribution in [0.15, 0.2) is 66.1 Å². The number of aromatic nitrogens is 4. The number of hydrogen-bond donors (Lipinski definition) is 1. The molecule has 0 atom stereocenters. The van der Waals surface area contributed by atoms with E-state index in [1.165, 1.54) is 18.1 Å². The van der Waals surface area contributed by atoms with Crippen LogP contribution in [-0.4, -0.2) is 31.4 Å². The highest BCUT2D eigenvalue weighted by molar-refractivity contribution is 8.00. The molecule has 0 aliphatic heterocycles. The van der Waals surface area contributed by atoms with Crippen LogP contribution in [0.3, 0.4) is 0 Å². The average Bonchev–Trinajstić information content (AvgIpc) is 3.13. The van der Waals surface area contributed by atoms with Crippen molar-refractivity contribution in [2.24, 2.45) is 0 Å². The van der Waals surface area contributed by atoms with E-state index < -0.39 is 0 Å². The number of nitrogens with zero attached hydrogens (tertiary/aromatic N) is 4. The summed E-state index contributed by atoms with van der Waals surface area (Å²) >= 11 is 7.43. The van der Waals surface area contributed by atoms with Crippen molar-refractivity contribution in [2.75, 3.05) is 11.1 Å². The van der Waals surface area contributed by atoms with Crippen LogP contribution >= 0.6 is 23.4 Å². The summed E-state index contributed by atoms with van der Waals surface area (Å²) in [7, 11) is 0. The molecule has 2 aromatic carbocycles. The van der Waals surface area contributed by atoms with Crippen LogP contribution in [0.4, 0.5) is 5.69 Å². The third-order valence-electron chi connectivity index (χ3n) is 4.06. The number of thioether (sulfide) groups is 1. The van der Waals surface area contributed by atoms with Crippen molar-refractivity contribution in [3.8, 4) is 5.69 Å². The maximum absolute atomic E-state index is 12.3. The Bertz CT molecular complexity index is 1140. The summed E-state index contributed by atoms with van der Waals surface area (Å²) in [6.45, 7) is 2.01. The van der Waals surface area contributed by atoms with Crippen molar-refractivity contribution in [1.82, 2.24) is 19.7 Å². The van der Waals surface area contributed by atoms with E-state index in [9.17, 15) is 4.79 Å². The molecule has 1 amide bonds. The summed E-state index contributed by atoms with van der Waals surface area (Å²) in [6, 6.07) is 15.1. The zero-order valence-corrected chi connectivity index (χ0v) is 16.5. The Morgan fingerprint density at radius 2 is 2.00 bits per heavy atom. The lowest BCUT2D eigenvalue weighted by molar-refractivity contribution is -0.113. The SMILES string of the molecule is Cc1ccc(NC(=O)CSc2ncnc3c2cnn3-c2cccc(Cl)c2)cc1. The summed E-state index contributed by atoms with van der Waals surface area (Å²) in [5.41, 5.74) is 3.40. The van der Waals surface area contributed by atoms with Crippen molar-refractivity contribution in [2.45, 2.75) is 11.9 Å². The zero-order chi connectivity index (χ0) is 19.5. The first-order valence-corrected chi connectivity index (χ1v) is 9.90.